The average Bonchev–Trinajstić information content (AvgIpc) is 2.84. The molecule has 0 N–H and O–H groups in total. The maximum Gasteiger partial charge on any atom is 0.416 e. The number of halogens is 4. The fourth-order valence-electron chi connectivity index (χ4n) is 2.22. The van der Waals surface area contributed by atoms with Gasteiger partial charge in [-0.25, -0.2) is 4.98 Å². The van der Waals surface area contributed by atoms with Crippen molar-refractivity contribution in [1.29, 1.82) is 0 Å². The predicted octanol–water partition coefficient (Wildman–Crippen LogP) is 4.36. The largest absolute Gasteiger partial charge is 0.492 e. The second-order valence-corrected chi connectivity index (χ2v) is 4.84. The van der Waals surface area contributed by atoms with Gasteiger partial charge in [0.15, 0.2) is 0 Å². The number of pyridine rings is 1. The van der Waals surface area contributed by atoms with E-state index in [4.69, 9.17) is 16.3 Å². The number of hydrogen-bond donors (Lipinski definition) is 0. The van der Waals surface area contributed by atoms with Crippen LogP contribution in [0.4, 0.5) is 13.2 Å². The van der Waals surface area contributed by atoms with Crippen LogP contribution in [0.15, 0.2) is 30.3 Å². The number of benzene rings is 1. The zero-order valence-electron chi connectivity index (χ0n) is 10.2. The first-order valence-corrected chi connectivity index (χ1v) is 6.33. The van der Waals surface area contributed by atoms with E-state index in [2.05, 4.69) is 4.98 Å². The van der Waals surface area contributed by atoms with Gasteiger partial charge in [0.1, 0.15) is 10.9 Å². The van der Waals surface area contributed by atoms with E-state index in [-0.39, 0.29) is 10.8 Å². The van der Waals surface area contributed by atoms with Crippen molar-refractivity contribution >= 4 is 11.6 Å². The van der Waals surface area contributed by atoms with Crippen molar-refractivity contribution in [2.75, 3.05) is 6.61 Å². The summed E-state index contributed by atoms with van der Waals surface area (Å²) in [6, 6.07) is 7.15. The summed E-state index contributed by atoms with van der Waals surface area (Å²) in [4.78, 5) is 3.98. The molecule has 0 bridgehead atoms. The average molecular weight is 300 g/mol. The molecule has 1 aliphatic heterocycles. The minimum Gasteiger partial charge on any atom is -0.492 e. The van der Waals surface area contributed by atoms with Gasteiger partial charge in [-0.15, -0.1) is 0 Å². The summed E-state index contributed by atoms with van der Waals surface area (Å²) in [7, 11) is 0. The molecule has 2 heterocycles. The number of rotatable bonds is 1. The molecule has 0 fully saturated rings. The van der Waals surface area contributed by atoms with Gasteiger partial charge in [-0.2, -0.15) is 13.2 Å². The Morgan fingerprint density at radius 3 is 2.75 bits per heavy atom. The monoisotopic (exact) mass is 299 g/mol. The lowest BCUT2D eigenvalue weighted by atomic mass is 10.0. The Morgan fingerprint density at radius 1 is 1.20 bits per heavy atom. The van der Waals surface area contributed by atoms with Gasteiger partial charge in [0.2, 0.25) is 0 Å². The lowest BCUT2D eigenvalue weighted by molar-refractivity contribution is -0.137. The van der Waals surface area contributed by atoms with Crippen molar-refractivity contribution in [2.45, 2.75) is 12.6 Å². The molecular formula is C14H9ClF3NO. The van der Waals surface area contributed by atoms with E-state index in [1.165, 1.54) is 0 Å². The second kappa shape index (κ2) is 4.66. The van der Waals surface area contributed by atoms with Crippen LogP contribution in [0.3, 0.4) is 0 Å². The lowest BCUT2D eigenvalue weighted by Gasteiger charge is -2.11. The van der Waals surface area contributed by atoms with Crippen LogP contribution < -0.4 is 4.74 Å². The Balaban J connectivity index is 2.16. The van der Waals surface area contributed by atoms with Crippen molar-refractivity contribution in [3.8, 4) is 17.0 Å². The molecule has 0 unspecified atom stereocenters. The molecule has 20 heavy (non-hydrogen) atoms. The number of nitrogens with zero attached hydrogens (tertiary/aromatic N) is 1. The lowest BCUT2D eigenvalue weighted by Crippen LogP contribution is -2.06. The van der Waals surface area contributed by atoms with E-state index >= 15 is 0 Å². The highest BCUT2D eigenvalue weighted by Gasteiger charge is 2.32. The number of aromatic nitrogens is 1. The fraction of sp³-hybridized carbons (Fsp3) is 0.214. The van der Waals surface area contributed by atoms with Crippen LogP contribution in [0.25, 0.3) is 11.3 Å². The van der Waals surface area contributed by atoms with Gasteiger partial charge in [0.25, 0.3) is 0 Å². The van der Waals surface area contributed by atoms with Crippen molar-refractivity contribution in [3.63, 3.8) is 0 Å². The van der Waals surface area contributed by atoms with E-state index in [1.54, 1.807) is 12.1 Å². The molecule has 1 aliphatic rings. The molecule has 0 saturated heterocycles. The van der Waals surface area contributed by atoms with Gasteiger partial charge in [-0.3, -0.25) is 0 Å². The molecule has 1 aromatic heterocycles. The van der Waals surface area contributed by atoms with Gasteiger partial charge in [0, 0.05) is 12.0 Å². The van der Waals surface area contributed by atoms with Crippen LogP contribution in [0.5, 0.6) is 5.75 Å². The summed E-state index contributed by atoms with van der Waals surface area (Å²) in [5.41, 5.74) is 0.859. The molecule has 104 valence electrons. The van der Waals surface area contributed by atoms with Gasteiger partial charge in [-0.1, -0.05) is 23.7 Å². The van der Waals surface area contributed by atoms with Crippen molar-refractivity contribution in [2.24, 2.45) is 0 Å². The van der Waals surface area contributed by atoms with Gasteiger partial charge < -0.3 is 4.74 Å². The highest BCUT2D eigenvalue weighted by molar-refractivity contribution is 6.29. The summed E-state index contributed by atoms with van der Waals surface area (Å²) in [5, 5.41) is -0.189. The van der Waals surface area contributed by atoms with E-state index < -0.39 is 11.7 Å². The quantitative estimate of drug-likeness (QED) is 0.730. The van der Waals surface area contributed by atoms with Crippen LogP contribution in [-0.4, -0.2) is 11.6 Å². The molecule has 1 aromatic carbocycles. The Bertz CT molecular complexity index is 670. The van der Waals surface area contributed by atoms with Crippen molar-refractivity contribution in [3.05, 3.63) is 46.6 Å². The highest BCUT2D eigenvalue weighted by atomic mass is 35.5. The topological polar surface area (TPSA) is 22.1 Å². The molecule has 0 spiro atoms. The SMILES string of the molecule is FC(F)(F)c1cc(Cl)nc(-c2cccc3c2OCC3)c1. The number of hydrogen-bond acceptors (Lipinski definition) is 2. The summed E-state index contributed by atoms with van der Waals surface area (Å²) >= 11 is 5.70. The highest BCUT2D eigenvalue weighted by Crippen LogP contribution is 2.39. The zero-order valence-corrected chi connectivity index (χ0v) is 10.9. The smallest absolute Gasteiger partial charge is 0.416 e. The standard InChI is InChI=1S/C14H9ClF3NO/c15-12-7-9(14(16,17)18)6-11(19-12)10-3-1-2-8-4-5-20-13(8)10/h1-3,6-7H,4-5H2. The number of alkyl halides is 3. The summed E-state index contributed by atoms with van der Waals surface area (Å²) in [6.07, 6.45) is -3.71. The Kier molecular flexibility index (Phi) is 3.09. The normalized spacial score (nSPS) is 14.0. The molecule has 0 amide bonds. The molecule has 6 heteroatoms. The second-order valence-electron chi connectivity index (χ2n) is 4.45. The van der Waals surface area contributed by atoms with Crippen LogP contribution in [-0.2, 0) is 12.6 Å². The Hall–Kier alpha value is -1.75. The van der Waals surface area contributed by atoms with Gasteiger partial charge in [-0.05, 0) is 23.8 Å². The molecule has 0 radical (unpaired) electrons. The van der Waals surface area contributed by atoms with Gasteiger partial charge >= 0.3 is 6.18 Å². The summed E-state index contributed by atoms with van der Waals surface area (Å²) in [6.45, 7) is 0.527. The van der Waals surface area contributed by atoms with E-state index in [0.717, 1.165) is 24.1 Å². The van der Waals surface area contributed by atoms with Crippen LogP contribution >= 0.6 is 11.6 Å². The summed E-state index contributed by atoms with van der Waals surface area (Å²) in [5.74, 6) is 0.593. The molecule has 0 saturated carbocycles. The summed E-state index contributed by atoms with van der Waals surface area (Å²) < 4.78 is 43.9. The maximum absolute atomic E-state index is 12.8. The van der Waals surface area contributed by atoms with Crippen molar-refractivity contribution < 1.29 is 17.9 Å². The molecule has 0 atom stereocenters. The minimum atomic E-state index is -4.46. The molecule has 0 aliphatic carbocycles. The van der Waals surface area contributed by atoms with Crippen LogP contribution in [0.2, 0.25) is 5.15 Å². The molecule has 2 nitrogen and oxygen atoms in total. The Labute approximate surface area is 118 Å². The van der Waals surface area contributed by atoms with E-state index in [0.29, 0.717) is 17.9 Å². The maximum atomic E-state index is 12.8. The van der Waals surface area contributed by atoms with Crippen LogP contribution in [0.1, 0.15) is 11.1 Å². The third-order valence-electron chi connectivity index (χ3n) is 3.11. The van der Waals surface area contributed by atoms with E-state index in [1.807, 2.05) is 6.07 Å². The van der Waals surface area contributed by atoms with E-state index in [9.17, 15) is 13.2 Å². The Morgan fingerprint density at radius 2 is 2.00 bits per heavy atom. The first kappa shape index (κ1) is 13.2. The molecule has 2 aromatic rings. The fourth-order valence-corrected chi connectivity index (χ4v) is 2.42. The molecular weight excluding hydrogens is 291 g/mol. The number of para-hydroxylation sites is 1. The third-order valence-corrected chi connectivity index (χ3v) is 3.31. The number of fused-ring (bicyclic) bond motifs is 1. The first-order valence-electron chi connectivity index (χ1n) is 5.95. The predicted molar refractivity (Wildman–Crippen MR) is 68.9 cm³/mol. The van der Waals surface area contributed by atoms with Gasteiger partial charge in [0.05, 0.1) is 17.9 Å². The minimum absolute atomic E-state index is 0.170. The first-order chi connectivity index (χ1) is 9.45. The molecule has 3 rings (SSSR count). The van der Waals surface area contributed by atoms with Crippen molar-refractivity contribution in [1.82, 2.24) is 4.98 Å². The number of ether oxygens (including phenoxy) is 1. The zero-order chi connectivity index (χ0) is 14.3. The van der Waals surface area contributed by atoms with Crippen LogP contribution in [0, 0.1) is 0 Å². The third kappa shape index (κ3) is 2.33.